The molecule has 3 aliphatic heterocycles. The van der Waals surface area contributed by atoms with Crippen molar-refractivity contribution in [2.24, 2.45) is 11.8 Å². The SMILES string of the molecule is CS(=O)(=O)/C(F)=C\[C@@H](C[C@H]1CCNC1=O)NC(=O)[C@H]1[C@H]2CC[C@H](CC2(F)F)N1C(=O)c1cc2c(F)ccc(F)c2[nH]1. The fourth-order valence-corrected chi connectivity index (χ4v) is 6.51. The Kier molecular flexibility index (Phi) is 7.37. The van der Waals surface area contributed by atoms with E-state index in [9.17, 15) is 36.0 Å². The van der Waals surface area contributed by atoms with Crippen LogP contribution in [-0.4, -0.2) is 72.9 Å². The van der Waals surface area contributed by atoms with Crippen molar-refractivity contribution in [3.8, 4) is 0 Å². The highest BCUT2D eigenvalue weighted by molar-refractivity contribution is 7.94. The Morgan fingerprint density at radius 2 is 1.90 bits per heavy atom. The Morgan fingerprint density at radius 1 is 1.20 bits per heavy atom. The minimum absolute atomic E-state index is 0.112. The van der Waals surface area contributed by atoms with Gasteiger partial charge in [-0.1, -0.05) is 0 Å². The molecule has 1 aromatic carbocycles. The highest BCUT2D eigenvalue weighted by atomic mass is 32.2. The van der Waals surface area contributed by atoms with Crippen LogP contribution in [0.1, 0.15) is 42.6 Å². The van der Waals surface area contributed by atoms with Crippen LogP contribution in [0.5, 0.6) is 0 Å². The van der Waals surface area contributed by atoms with E-state index in [2.05, 4.69) is 15.6 Å². The quantitative estimate of drug-likeness (QED) is 0.420. The molecule has 9 nitrogen and oxygen atoms in total. The number of H-pyrrole nitrogens is 1. The average Bonchev–Trinajstić information content (AvgIpc) is 3.52. The Morgan fingerprint density at radius 3 is 2.51 bits per heavy atom. The van der Waals surface area contributed by atoms with E-state index in [4.69, 9.17) is 0 Å². The van der Waals surface area contributed by atoms with Crippen LogP contribution in [-0.2, 0) is 19.4 Å². The van der Waals surface area contributed by atoms with Gasteiger partial charge in [-0.05, 0) is 50.0 Å². The zero-order valence-electron chi connectivity index (χ0n) is 21.7. The van der Waals surface area contributed by atoms with Crippen molar-refractivity contribution in [2.45, 2.75) is 56.2 Å². The van der Waals surface area contributed by atoms with Crippen LogP contribution in [0.4, 0.5) is 22.0 Å². The number of rotatable bonds is 7. The Bertz CT molecular complexity index is 1520. The van der Waals surface area contributed by atoms with Crippen LogP contribution < -0.4 is 10.6 Å². The molecule has 1 saturated carbocycles. The number of piperidine rings is 2. The first-order valence-corrected chi connectivity index (χ1v) is 14.9. The number of sulfone groups is 1. The van der Waals surface area contributed by atoms with Gasteiger partial charge in [-0.2, -0.15) is 4.39 Å². The van der Waals surface area contributed by atoms with Gasteiger partial charge in [0.1, 0.15) is 23.4 Å². The summed E-state index contributed by atoms with van der Waals surface area (Å²) in [5.41, 5.74) is -0.627. The summed E-state index contributed by atoms with van der Waals surface area (Å²) < 4.78 is 96.6. The minimum atomic E-state index is -4.32. The number of hydrogen-bond donors (Lipinski definition) is 3. The highest BCUT2D eigenvalue weighted by Crippen LogP contribution is 2.49. The molecule has 4 fully saturated rings. The van der Waals surface area contributed by atoms with Gasteiger partial charge >= 0.3 is 0 Å². The first kappa shape index (κ1) is 29.0. The van der Waals surface area contributed by atoms with E-state index in [1.54, 1.807) is 0 Å². The number of nitrogens with one attached hydrogen (secondary N) is 3. The Balaban J connectivity index is 1.49. The number of aromatic amines is 1. The summed E-state index contributed by atoms with van der Waals surface area (Å²) in [5, 5.41) is 3.14. The van der Waals surface area contributed by atoms with Crippen molar-refractivity contribution in [1.29, 1.82) is 0 Å². The molecule has 2 aromatic rings. The number of nitrogens with zero attached hydrogens (tertiary/aromatic N) is 1. The van der Waals surface area contributed by atoms with E-state index in [1.165, 1.54) is 0 Å². The van der Waals surface area contributed by atoms with Crippen LogP contribution in [0.25, 0.3) is 10.9 Å². The summed E-state index contributed by atoms with van der Waals surface area (Å²) in [7, 11) is -4.32. The molecule has 4 aliphatic rings. The third kappa shape index (κ3) is 5.43. The Labute approximate surface area is 231 Å². The summed E-state index contributed by atoms with van der Waals surface area (Å²) in [6.45, 7) is 0.314. The van der Waals surface area contributed by atoms with Gasteiger partial charge in [-0.25, -0.2) is 26.0 Å². The largest absolute Gasteiger partial charge is 0.356 e. The monoisotopic (exact) mass is 602 g/mol. The van der Waals surface area contributed by atoms with Gasteiger partial charge in [0.25, 0.3) is 11.8 Å². The van der Waals surface area contributed by atoms with Crippen molar-refractivity contribution in [2.75, 3.05) is 12.8 Å². The number of carbonyl (C=O) groups is 3. The molecular weight excluding hydrogens is 575 g/mol. The van der Waals surface area contributed by atoms with Crippen molar-refractivity contribution in [3.63, 3.8) is 0 Å². The third-order valence-electron chi connectivity index (χ3n) is 8.07. The van der Waals surface area contributed by atoms with Crippen LogP contribution in [0, 0.1) is 23.5 Å². The predicted molar refractivity (Wildman–Crippen MR) is 136 cm³/mol. The van der Waals surface area contributed by atoms with Gasteiger partial charge in [0.2, 0.25) is 26.8 Å². The Hall–Kier alpha value is -3.49. The van der Waals surface area contributed by atoms with Crippen molar-refractivity contribution in [3.05, 3.63) is 46.8 Å². The second-order valence-corrected chi connectivity index (χ2v) is 12.8. The number of carbonyl (C=O) groups excluding carboxylic acids is 3. The molecule has 3 amide bonds. The normalized spacial score (nSPS) is 26.7. The molecule has 1 aliphatic carbocycles. The molecule has 15 heteroatoms. The molecular formula is C26H27F5N4O5S. The van der Waals surface area contributed by atoms with Crippen molar-refractivity contribution in [1.82, 2.24) is 20.5 Å². The molecule has 41 heavy (non-hydrogen) atoms. The van der Waals surface area contributed by atoms with Crippen LogP contribution in [0.2, 0.25) is 0 Å². The first-order chi connectivity index (χ1) is 19.2. The number of alkyl halides is 2. The number of halogens is 5. The van der Waals surface area contributed by atoms with E-state index in [0.29, 0.717) is 25.3 Å². The zero-order chi connectivity index (χ0) is 29.9. The van der Waals surface area contributed by atoms with Crippen LogP contribution >= 0.6 is 0 Å². The van der Waals surface area contributed by atoms with E-state index >= 15 is 8.78 Å². The fourth-order valence-electron chi connectivity index (χ4n) is 6.10. The van der Waals surface area contributed by atoms with E-state index in [-0.39, 0.29) is 35.9 Å². The van der Waals surface area contributed by atoms with Gasteiger partial charge in [0.15, 0.2) is 0 Å². The summed E-state index contributed by atoms with van der Waals surface area (Å²) in [5.74, 6) is -9.77. The van der Waals surface area contributed by atoms with E-state index < -0.39 is 86.7 Å². The third-order valence-corrected chi connectivity index (χ3v) is 8.92. The van der Waals surface area contributed by atoms with Crippen molar-refractivity contribution >= 4 is 38.5 Å². The number of hydrogen-bond acceptors (Lipinski definition) is 5. The summed E-state index contributed by atoms with van der Waals surface area (Å²) >= 11 is 0. The van der Waals surface area contributed by atoms with Crippen molar-refractivity contribution < 1.29 is 44.8 Å². The number of amides is 3. The zero-order valence-corrected chi connectivity index (χ0v) is 22.5. The van der Waals surface area contributed by atoms with Gasteiger partial charge in [-0.3, -0.25) is 14.4 Å². The van der Waals surface area contributed by atoms with Gasteiger partial charge < -0.3 is 20.5 Å². The van der Waals surface area contributed by atoms with E-state index in [0.717, 1.165) is 23.1 Å². The molecule has 5 atom stereocenters. The maximum absolute atomic E-state index is 15.1. The summed E-state index contributed by atoms with van der Waals surface area (Å²) in [6.07, 6.45) is 0.618. The predicted octanol–water partition coefficient (Wildman–Crippen LogP) is 2.94. The smallest absolute Gasteiger partial charge is 0.271 e. The molecule has 0 radical (unpaired) electrons. The highest BCUT2D eigenvalue weighted by Gasteiger charge is 2.60. The van der Waals surface area contributed by atoms with Crippen LogP contribution in [0.15, 0.2) is 29.4 Å². The second kappa shape index (κ2) is 10.4. The molecule has 222 valence electrons. The van der Waals surface area contributed by atoms with Crippen LogP contribution in [0.3, 0.4) is 0 Å². The van der Waals surface area contributed by atoms with E-state index in [1.807, 2.05) is 0 Å². The maximum atomic E-state index is 15.1. The minimum Gasteiger partial charge on any atom is -0.356 e. The molecule has 2 bridgehead atoms. The molecule has 0 unspecified atom stereocenters. The van der Waals surface area contributed by atoms with Gasteiger partial charge in [-0.15, -0.1) is 0 Å². The molecule has 3 N–H and O–H groups in total. The number of benzene rings is 1. The number of fused-ring (bicyclic) bond motifs is 4. The fraction of sp³-hybridized carbons (Fsp3) is 0.500. The maximum Gasteiger partial charge on any atom is 0.271 e. The molecule has 4 heterocycles. The lowest BCUT2D eigenvalue weighted by Gasteiger charge is -2.53. The lowest BCUT2D eigenvalue weighted by atomic mass is 9.71. The van der Waals surface area contributed by atoms with Gasteiger partial charge in [0.05, 0.1) is 17.5 Å². The molecule has 6 rings (SSSR count). The standard InChI is InChI=1S/C26H27F5N4O5S/c1-41(39,40)20(29)9-13(8-12-6-7-32-23(12)36)33-24(37)22-16-3-2-14(11-26(16,30)31)35(22)25(38)19-10-15-17(27)4-5-18(28)21(15)34-19/h4-5,9-10,12-14,16,22,34H,2-3,6-8,11H2,1H3,(H,32,36)(H,33,37)/b20-9-/t12-,13-,14-,16-,22-/m1/s1. The summed E-state index contributed by atoms with van der Waals surface area (Å²) in [4.78, 5) is 42.8. The number of aromatic nitrogens is 1. The molecule has 1 aromatic heterocycles. The lowest BCUT2D eigenvalue weighted by molar-refractivity contribution is -0.179. The molecule has 0 spiro atoms. The lowest BCUT2D eigenvalue weighted by Crippen LogP contribution is -2.68. The summed E-state index contributed by atoms with van der Waals surface area (Å²) in [6, 6.07) is -1.48. The first-order valence-electron chi connectivity index (χ1n) is 13.0. The average molecular weight is 603 g/mol. The second-order valence-electron chi connectivity index (χ2n) is 10.8. The molecule has 3 saturated heterocycles. The van der Waals surface area contributed by atoms with Gasteiger partial charge in [0, 0.05) is 36.6 Å². The topological polar surface area (TPSA) is 128 Å².